The van der Waals surface area contributed by atoms with Crippen LogP contribution in [0.15, 0.2) is 12.4 Å². The molecular formula is C15H26N2. The first-order valence-electron chi connectivity index (χ1n) is 6.29. The summed E-state index contributed by atoms with van der Waals surface area (Å²) in [6.45, 7) is 17.7. The normalized spacial score (nSPS) is 13.9. The predicted molar refractivity (Wildman–Crippen MR) is 73.2 cm³/mol. The van der Waals surface area contributed by atoms with Gasteiger partial charge in [-0.05, 0) is 5.41 Å². The van der Waals surface area contributed by atoms with E-state index in [4.69, 9.17) is 0 Å². The molecule has 17 heavy (non-hydrogen) atoms. The quantitative estimate of drug-likeness (QED) is 0.731. The SMILES string of the molecule is CC(C)(C)c1cnc(C(C)(C)C(C)(C)C)cn1. The van der Waals surface area contributed by atoms with Gasteiger partial charge in [0, 0.05) is 23.2 Å². The molecule has 2 nitrogen and oxygen atoms in total. The lowest BCUT2D eigenvalue weighted by Crippen LogP contribution is -2.35. The molecule has 0 fully saturated rings. The van der Waals surface area contributed by atoms with Crippen LogP contribution in [0.4, 0.5) is 0 Å². The fraction of sp³-hybridized carbons (Fsp3) is 0.733. The highest BCUT2D eigenvalue weighted by atomic mass is 14.8. The number of aromatic nitrogens is 2. The maximum atomic E-state index is 4.62. The van der Waals surface area contributed by atoms with Gasteiger partial charge < -0.3 is 0 Å². The van der Waals surface area contributed by atoms with Gasteiger partial charge in [0.2, 0.25) is 0 Å². The molecule has 0 spiro atoms. The van der Waals surface area contributed by atoms with Gasteiger partial charge in [-0.25, -0.2) is 0 Å². The molecule has 0 unspecified atom stereocenters. The summed E-state index contributed by atoms with van der Waals surface area (Å²) in [5.74, 6) is 0. The summed E-state index contributed by atoms with van der Waals surface area (Å²) in [5.41, 5.74) is 2.38. The van der Waals surface area contributed by atoms with Crippen LogP contribution in [0.1, 0.15) is 66.8 Å². The maximum absolute atomic E-state index is 4.62. The lowest BCUT2D eigenvalue weighted by Gasteiger charge is -2.38. The summed E-state index contributed by atoms with van der Waals surface area (Å²) in [4.78, 5) is 9.19. The fourth-order valence-corrected chi connectivity index (χ4v) is 1.42. The van der Waals surface area contributed by atoms with Gasteiger partial charge >= 0.3 is 0 Å². The van der Waals surface area contributed by atoms with Crippen molar-refractivity contribution in [2.75, 3.05) is 0 Å². The largest absolute Gasteiger partial charge is 0.257 e. The first-order chi connectivity index (χ1) is 7.46. The molecule has 0 aliphatic heterocycles. The third-order valence-corrected chi connectivity index (χ3v) is 3.94. The van der Waals surface area contributed by atoms with Crippen LogP contribution in [-0.4, -0.2) is 9.97 Å². The van der Waals surface area contributed by atoms with Gasteiger partial charge in [0.15, 0.2) is 0 Å². The van der Waals surface area contributed by atoms with Gasteiger partial charge in [0.05, 0.1) is 11.4 Å². The Labute approximate surface area is 106 Å². The fourth-order valence-electron chi connectivity index (χ4n) is 1.42. The zero-order valence-corrected chi connectivity index (χ0v) is 12.5. The first kappa shape index (κ1) is 14.1. The molecule has 1 rings (SSSR count). The molecule has 0 bridgehead atoms. The van der Waals surface area contributed by atoms with Gasteiger partial charge in [-0.1, -0.05) is 55.4 Å². The topological polar surface area (TPSA) is 25.8 Å². The van der Waals surface area contributed by atoms with Gasteiger partial charge in [0.1, 0.15) is 0 Å². The van der Waals surface area contributed by atoms with Crippen LogP contribution < -0.4 is 0 Å². The van der Waals surface area contributed by atoms with Crippen LogP contribution in [0.25, 0.3) is 0 Å². The van der Waals surface area contributed by atoms with Crippen LogP contribution in [0.5, 0.6) is 0 Å². The van der Waals surface area contributed by atoms with Crippen molar-refractivity contribution in [3.8, 4) is 0 Å². The van der Waals surface area contributed by atoms with Gasteiger partial charge in [0.25, 0.3) is 0 Å². The molecule has 2 heteroatoms. The Bertz CT molecular complexity index is 375. The molecule has 0 saturated carbocycles. The Kier molecular flexibility index (Phi) is 3.39. The summed E-state index contributed by atoms with van der Waals surface area (Å²) in [6, 6.07) is 0. The minimum atomic E-state index is 0.0242. The second kappa shape index (κ2) is 4.08. The van der Waals surface area contributed by atoms with Gasteiger partial charge in [-0.15, -0.1) is 0 Å². The average molecular weight is 234 g/mol. The minimum Gasteiger partial charge on any atom is -0.257 e. The van der Waals surface area contributed by atoms with Crippen LogP contribution >= 0.6 is 0 Å². The van der Waals surface area contributed by atoms with Crippen molar-refractivity contribution in [2.24, 2.45) is 5.41 Å². The molecule has 1 heterocycles. The number of rotatable bonds is 1. The van der Waals surface area contributed by atoms with Crippen LogP contribution in [0.3, 0.4) is 0 Å². The van der Waals surface area contributed by atoms with E-state index < -0.39 is 0 Å². The Hall–Kier alpha value is -0.920. The monoisotopic (exact) mass is 234 g/mol. The molecule has 0 aliphatic rings. The third-order valence-electron chi connectivity index (χ3n) is 3.94. The summed E-state index contributed by atoms with van der Waals surface area (Å²) >= 11 is 0. The van der Waals surface area contributed by atoms with Crippen LogP contribution in [0.2, 0.25) is 0 Å². The van der Waals surface area contributed by atoms with E-state index in [1.54, 1.807) is 0 Å². The molecule has 0 radical (unpaired) electrons. The van der Waals surface area contributed by atoms with Crippen molar-refractivity contribution in [1.29, 1.82) is 0 Å². The lowest BCUT2D eigenvalue weighted by atomic mass is 9.67. The zero-order valence-electron chi connectivity index (χ0n) is 12.5. The maximum Gasteiger partial charge on any atom is 0.0648 e. The Morgan fingerprint density at radius 3 is 1.41 bits per heavy atom. The molecule has 0 amide bonds. The Morgan fingerprint density at radius 1 is 0.706 bits per heavy atom. The molecule has 96 valence electrons. The standard InChI is InChI=1S/C15H26N2/c1-13(2,3)11-9-17-12(10-16-11)15(7,8)14(4,5)6/h9-10H,1-8H3. The van der Waals surface area contributed by atoms with E-state index in [-0.39, 0.29) is 16.2 Å². The van der Waals surface area contributed by atoms with E-state index in [1.807, 2.05) is 12.4 Å². The summed E-state index contributed by atoms with van der Waals surface area (Å²) < 4.78 is 0. The van der Waals surface area contributed by atoms with Gasteiger partial charge in [-0.2, -0.15) is 0 Å². The smallest absolute Gasteiger partial charge is 0.0648 e. The summed E-state index contributed by atoms with van der Waals surface area (Å²) in [6.07, 6.45) is 3.86. The highest BCUT2D eigenvalue weighted by Crippen LogP contribution is 2.39. The molecule has 0 aliphatic carbocycles. The van der Waals surface area contributed by atoms with Crippen molar-refractivity contribution in [1.82, 2.24) is 9.97 Å². The van der Waals surface area contributed by atoms with Crippen molar-refractivity contribution < 1.29 is 0 Å². The van der Waals surface area contributed by atoms with E-state index in [1.165, 1.54) is 0 Å². The molecule has 0 atom stereocenters. The molecule has 0 saturated heterocycles. The Balaban J connectivity index is 3.12. The molecule has 1 aromatic rings. The van der Waals surface area contributed by atoms with Crippen LogP contribution in [0, 0.1) is 5.41 Å². The highest BCUT2D eigenvalue weighted by molar-refractivity contribution is 5.18. The molecule has 0 aromatic carbocycles. The molecule has 1 aromatic heterocycles. The van der Waals surface area contributed by atoms with Crippen LogP contribution in [-0.2, 0) is 10.8 Å². The Morgan fingerprint density at radius 2 is 1.12 bits per heavy atom. The average Bonchev–Trinajstić information content (AvgIpc) is 2.15. The number of hydrogen-bond donors (Lipinski definition) is 0. The van der Waals surface area contributed by atoms with E-state index in [0.29, 0.717) is 0 Å². The molecular weight excluding hydrogens is 208 g/mol. The van der Waals surface area contributed by atoms with Crippen molar-refractivity contribution in [2.45, 2.75) is 66.2 Å². The second-order valence-corrected chi connectivity index (χ2v) is 7.41. The highest BCUT2D eigenvalue weighted by Gasteiger charge is 2.36. The van der Waals surface area contributed by atoms with E-state index >= 15 is 0 Å². The predicted octanol–water partition coefficient (Wildman–Crippen LogP) is 4.10. The van der Waals surface area contributed by atoms with Gasteiger partial charge in [-0.3, -0.25) is 9.97 Å². The number of hydrogen-bond acceptors (Lipinski definition) is 2. The van der Waals surface area contributed by atoms with E-state index in [2.05, 4.69) is 65.4 Å². The zero-order chi connectivity index (χ0) is 13.5. The van der Waals surface area contributed by atoms with Crippen molar-refractivity contribution in [3.63, 3.8) is 0 Å². The van der Waals surface area contributed by atoms with E-state index in [0.717, 1.165) is 11.4 Å². The summed E-state index contributed by atoms with van der Waals surface area (Å²) in [5, 5.41) is 0. The third kappa shape index (κ3) is 2.85. The minimum absolute atomic E-state index is 0.0242. The second-order valence-electron chi connectivity index (χ2n) is 7.41. The summed E-state index contributed by atoms with van der Waals surface area (Å²) in [7, 11) is 0. The van der Waals surface area contributed by atoms with Crippen molar-refractivity contribution in [3.05, 3.63) is 23.8 Å². The molecule has 0 N–H and O–H groups in total. The lowest BCUT2D eigenvalue weighted by molar-refractivity contribution is 0.219. The van der Waals surface area contributed by atoms with Crippen molar-refractivity contribution >= 4 is 0 Å². The van der Waals surface area contributed by atoms with E-state index in [9.17, 15) is 0 Å². The first-order valence-corrected chi connectivity index (χ1v) is 6.29. The number of nitrogens with zero attached hydrogens (tertiary/aromatic N) is 2.